The third kappa shape index (κ3) is 6.01. The quantitative estimate of drug-likeness (QED) is 0.290. The molecule has 1 aliphatic carbocycles. The number of hydrogen-bond donors (Lipinski definition) is 2. The van der Waals surface area contributed by atoms with E-state index in [9.17, 15) is 27.9 Å². The summed E-state index contributed by atoms with van der Waals surface area (Å²) in [4.78, 5) is 32.8. The predicted octanol–water partition coefficient (Wildman–Crippen LogP) is 7.63. The summed E-state index contributed by atoms with van der Waals surface area (Å²) in [7, 11) is -2.41. The number of benzene rings is 1. The van der Waals surface area contributed by atoms with Crippen molar-refractivity contribution in [2.24, 2.45) is 5.41 Å². The Labute approximate surface area is 231 Å². The molecule has 216 valence electrons. The number of aromatic nitrogens is 2. The summed E-state index contributed by atoms with van der Waals surface area (Å²) in [6.07, 6.45) is -2.49. The molecular formula is C28H34F3N3O5Si. The van der Waals surface area contributed by atoms with Gasteiger partial charge in [0.2, 0.25) is 0 Å². The van der Waals surface area contributed by atoms with Crippen LogP contribution in [0.3, 0.4) is 0 Å². The first-order chi connectivity index (χ1) is 18.4. The van der Waals surface area contributed by atoms with Crippen LogP contribution >= 0.6 is 0 Å². The van der Waals surface area contributed by atoms with Gasteiger partial charge >= 0.3 is 12.1 Å². The van der Waals surface area contributed by atoms with Gasteiger partial charge in [-0.05, 0) is 62.9 Å². The minimum Gasteiger partial charge on any atom is -0.542 e. The van der Waals surface area contributed by atoms with E-state index < -0.39 is 43.2 Å². The molecule has 0 aliphatic heterocycles. The van der Waals surface area contributed by atoms with Gasteiger partial charge in [0.1, 0.15) is 22.7 Å². The van der Waals surface area contributed by atoms with Gasteiger partial charge in [-0.1, -0.05) is 26.8 Å². The van der Waals surface area contributed by atoms with Crippen molar-refractivity contribution in [3.05, 3.63) is 47.6 Å². The zero-order valence-electron chi connectivity index (χ0n) is 23.4. The average Bonchev–Trinajstić information content (AvgIpc) is 3.26. The summed E-state index contributed by atoms with van der Waals surface area (Å²) in [5, 5.41) is 12.0. The molecule has 12 heteroatoms. The second-order valence-corrected chi connectivity index (χ2v) is 17.0. The fourth-order valence-corrected chi connectivity index (χ4v) is 5.40. The van der Waals surface area contributed by atoms with Crippen molar-refractivity contribution in [2.45, 2.75) is 83.6 Å². The number of hydrogen-bond acceptors (Lipinski definition) is 6. The molecule has 1 amide bonds. The van der Waals surface area contributed by atoms with Gasteiger partial charge in [0, 0.05) is 18.1 Å². The van der Waals surface area contributed by atoms with Crippen LogP contribution < -0.4 is 9.74 Å². The summed E-state index contributed by atoms with van der Waals surface area (Å²) >= 11 is 0. The highest BCUT2D eigenvalue weighted by Gasteiger charge is 2.41. The highest BCUT2D eigenvalue weighted by atomic mass is 28.4. The lowest BCUT2D eigenvalue weighted by Crippen LogP contribution is -2.44. The molecule has 0 bridgehead atoms. The van der Waals surface area contributed by atoms with Gasteiger partial charge in [-0.3, -0.25) is 9.59 Å². The normalized spacial score (nSPS) is 20.4. The maximum atomic E-state index is 13.2. The number of rotatable bonds is 6. The number of fused-ring (bicyclic) bond motifs is 1. The van der Waals surface area contributed by atoms with Crippen molar-refractivity contribution in [2.75, 3.05) is 5.32 Å². The van der Waals surface area contributed by atoms with E-state index in [2.05, 4.69) is 36.1 Å². The molecule has 0 saturated heterocycles. The second-order valence-electron chi connectivity index (χ2n) is 12.2. The number of nitrogens with zero attached hydrogens (tertiary/aromatic N) is 2. The van der Waals surface area contributed by atoms with Crippen LogP contribution in [0.4, 0.5) is 18.9 Å². The zero-order valence-corrected chi connectivity index (χ0v) is 24.4. The molecule has 1 aliphatic rings. The first kappa shape index (κ1) is 29.6. The van der Waals surface area contributed by atoms with Gasteiger partial charge in [0.15, 0.2) is 11.5 Å². The van der Waals surface area contributed by atoms with Crippen LogP contribution in [0.5, 0.6) is 5.75 Å². The summed E-state index contributed by atoms with van der Waals surface area (Å²) in [5.74, 6) is -0.890. The number of carboxylic acids is 1. The van der Waals surface area contributed by atoms with E-state index in [0.717, 1.165) is 12.1 Å². The molecule has 1 aromatic carbocycles. The molecule has 4 rings (SSSR count). The smallest absolute Gasteiger partial charge is 0.433 e. The fourth-order valence-electron chi connectivity index (χ4n) is 4.38. The number of oxazole rings is 1. The number of nitrogens with one attached hydrogen (secondary N) is 1. The Morgan fingerprint density at radius 3 is 2.35 bits per heavy atom. The topological polar surface area (TPSA) is 115 Å². The third-order valence-corrected chi connectivity index (χ3v) is 12.5. The number of amides is 1. The SMILES string of the molecule is CC1(C(=O)O)CCC(c2nc3cc(O[Si](C)(C)C(C)(C)C)c(NC(=O)c4cccc(C(F)(F)F)n4)cc3o2)CC1. The van der Waals surface area contributed by atoms with Crippen LogP contribution in [-0.2, 0) is 11.0 Å². The molecule has 2 heterocycles. The molecule has 0 unspecified atom stereocenters. The van der Waals surface area contributed by atoms with Gasteiger partial charge in [-0.15, -0.1) is 0 Å². The van der Waals surface area contributed by atoms with E-state index in [1.807, 2.05) is 13.1 Å². The van der Waals surface area contributed by atoms with Gasteiger partial charge in [0.25, 0.3) is 14.2 Å². The van der Waals surface area contributed by atoms with Crippen molar-refractivity contribution in [1.82, 2.24) is 9.97 Å². The van der Waals surface area contributed by atoms with Crippen LogP contribution in [0.2, 0.25) is 18.1 Å². The van der Waals surface area contributed by atoms with E-state index in [0.29, 0.717) is 48.4 Å². The van der Waals surface area contributed by atoms with E-state index >= 15 is 0 Å². The molecule has 3 aromatic rings. The molecule has 2 aromatic heterocycles. The molecular weight excluding hydrogens is 543 g/mol. The Kier molecular flexibility index (Phi) is 7.54. The predicted molar refractivity (Wildman–Crippen MR) is 146 cm³/mol. The summed E-state index contributed by atoms with van der Waals surface area (Å²) in [5.41, 5.74) is -1.23. The van der Waals surface area contributed by atoms with Gasteiger partial charge in [-0.25, -0.2) is 9.97 Å². The fraction of sp³-hybridized carbons (Fsp3) is 0.500. The van der Waals surface area contributed by atoms with Crippen LogP contribution in [0.15, 0.2) is 34.7 Å². The Bertz CT molecular complexity index is 1440. The monoisotopic (exact) mass is 577 g/mol. The lowest BCUT2D eigenvalue weighted by molar-refractivity contribution is -0.150. The number of aliphatic carboxylic acids is 1. The molecule has 0 atom stereocenters. The number of anilines is 1. The number of carbonyl (C=O) groups excluding carboxylic acids is 1. The largest absolute Gasteiger partial charge is 0.542 e. The van der Waals surface area contributed by atoms with Crippen molar-refractivity contribution >= 4 is 37.0 Å². The third-order valence-electron chi connectivity index (χ3n) is 8.15. The Hall–Kier alpha value is -3.41. The van der Waals surface area contributed by atoms with Crippen molar-refractivity contribution < 1.29 is 36.7 Å². The Morgan fingerprint density at radius 1 is 1.12 bits per heavy atom. The van der Waals surface area contributed by atoms with E-state index in [4.69, 9.17) is 8.84 Å². The molecule has 0 radical (unpaired) electrons. The maximum absolute atomic E-state index is 13.2. The highest BCUT2D eigenvalue weighted by molar-refractivity contribution is 6.74. The van der Waals surface area contributed by atoms with Crippen LogP contribution in [0.25, 0.3) is 11.1 Å². The van der Waals surface area contributed by atoms with Crippen molar-refractivity contribution in [3.8, 4) is 5.75 Å². The molecule has 8 nitrogen and oxygen atoms in total. The number of carboxylic acid groups (broad SMARTS) is 1. The minimum atomic E-state index is -4.69. The number of carbonyl (C=O) groups is 2. The number of alkyl halides is 3. The van der Waals surface area contributed by atoms with Crippen LogP contribution in [0, 0.1) is 5.41 Å². The molecule has 2 N–H and O–H groups in total. The lowest BCUT2D eigenvalue weighted by Gasteiger charge is -2.37. The molecule has 0 spiro atoms. The number of pyridine rings is 1. The zero-order chi connectivity index (χ0) is 29.7. The maximum Gasteiger partial charge on any atom is 0.433 e. The summed E-state index contributed by atoms with van der Waals surface area (Å²) in [6.45, 7) is 12.0. The van der Waals surface area contributed by atoms with Gasteiger partial charge in [-0.2, -0.15) is 13.2 Å². The summed E-state index contributed by atoms with van der Waals surface area (Å²) < 4.78 is 52.1. The molecule has 1 fully saturated rings. The minimum absolute atomic E-state index is 0.0584. The van der Waals surface area contributed by atoms with Crippen LogP contribution in [0.1, 0.15) is 81.4 Å². The van der Waals surface area contributed by atoms with E-state index in [-0.39, 0.29) is 16.6 Å². The first-order valence-corrected chi connectivity index (χ1v) is 16.0. The standard InChI is InChI=1S/C28H34F3N3O5Si/c1-26(2,3)40(5,6)39-21-15-18-20(38-24(34-18)16-10-12-27(4,13-11-16)25(36)37)14-19(21)33-23(35)17-8-7-9-22(32-17)28(29,30)31/h7-9,14-16H,10-13H2,1-6H3,(H,33,35)(H,36,37). The van der Waals surface area contributed by atoms with Gasteiger partial charge in [0.05, 0.1) is 11.1 Å². The van der Waals surface area contributed by atoms with E-state index in [1.165, 1.54) is 6.07 Å². The average molecular weight is 578 g/mol. The van der Waals surface area contributed by atoms with Crippen molar-refractivity contribution in [1.29, 1.82) is 0 Å². The van der Waals surface area contributed by atoms with Crippen LogP contribution in [-0.4, -0.2) is 35.3 Å². The van der Waals surface area contributed by atoms with E-state index in [1.54, 1.807) is 19.1 Å². The van der Waals surface area contributed by atoms with Crippen molar-refractivity contribution in [3.63, 3.8) is 0 Å². The molecule has 40 heavy (non-hydrogen) atoms. The first-order valence-electron chi connectivity index (χ1n) is 13.1. The number of halogens is 3. The summed E-state index contributed by atoms with van der Waals surface area (Å²) in [6, 6.07) is 6.36. The second kappa shape index (κ2) is 10.2. The highest BCUT2D eigenvalue weighted by Crippen LogP contribution is 2.45. The Balaban J connectivity index is 1.70. The Morgan fingerprint density at radius 2 is 1.77 bits per heavy atom. The molecule has 1 saturated carbocycles. The lowest BCUT2D eigenvalue weighted by atomic mass is 9.72. The van der Waals surface area contributed by atoms with Gasteiger partial charge < -0.3 is 19.3 Å².